The zero-order valence-corrected chi connectivity index (χ0v) is 10.3. The fourth-order valence-electron chi connectivity index (χ4n) is 1.63. The molecule has 1 aliphatic carbocycles. The molecule has 1 aromatic carbocycles. The summed E-state index contributed by atoms with van der Waals surface area (Å²) in [5.41, 5.74) is 0.970. The fourth-order valence-corrected chi connectivity index (χ4v) is 1.82. The monoisotopic (exact) mass is 248 g/mol. The van der Waals surface area contributed by atoms with Gasteiger partial charge in [-0.2, -0.15) is 0 Å². The lowest BCUT2D eigenvalue weighted by molar-refractivity contribution is -0.117. The van der Waals surface area contributed by atoms with Crippen LogP contribution in [0.3, 0.4) is 0 Å². The van der Waals surface area contributed by atoms with E-state index in [-0.39, 0.29) is 11.7 Å². The minimum atomic E-state index is -0.109. The first-order valence-corrected chi connectivity index (χ1v) is 5.84. The number of hydrogen-bond donors (Lipinski definition) is 0. The summed E-state index contributed by atoms with van der Waals surface area (Å²) in [6, 6.07) is 7.31. The van der Waals surface area contributed by atoms with Crippen LogP contribution < -0.4 is 4.74 Å². The Labute approximate surface area is 106 Å². The van der Waals surface area contributed by atoms with Crippen molar-refractivity contribution in [3.8, 4) is 5.75 Å². The summed E-state index contributed by atoms with van der Waals surface area (Å²) in [6.07, 6.45) is 5.26. The number of carbonyl (C=O) groups excluding carboxylic acids is 1. The molecule has 0 saturated heterocycles. The lowest BCUT2D eigenvalue weighted by atomic mass is 9.93. The highest BCUT2D eigenvalue weighted by atomic mass is 35.5. The molecule has 0 heterocycles. The molecule has 1 atom stereocenters. The molecule has 0 N–H and O–H groups in total. The number of rotatable bonds is 3. The summed E-state index contributed by atoms with van der Waals surface area (Å²) >= 11 is 5.98. The van der Waals surface area contributed by atoms with Crippen LogP contribution in [0.4, 0.5) is 0 Å². The average Bonchev–Trinajstić information content (AvgIpc) is 2.33. The Morgan fingerprint density at radius 1 is 1.35 bits per heavy atom. The van der Waals surface area contributed by atoms with Crippen LogP contribution in [0.2, 0.25) is 5.02 Å². The topological polar surface area (TPSA) is 26.3 Å². The van der Waals surface area contributed by atoms with Gasteiger partial charge >= 0.3 is 0 Å². The Morgan fingerprint density at radius 2 is 2.12 bits per heavy atom. The van der Waals surface area contributed by atoms with E-state index >= 15 is 0 Å². The van der Waals surface area contributed by atoms with E-state index in [2.05, 4.69) is 0 Å². The molecule has 17 heavy (non-hydrogen) atoms. The summed E-state index contributed by atoms with van der Waals surface area (Å²) in [7, 11) is 0. The number of carbonyl (C=O) groups is 1. The number of para-hydroxylation sites is 1. The Kier molecular flexibility index (Phi) is 3.64. The van der Waals surface area contributed by atoms with Crippen molar-refractivity contribution in [1.29, 1.82) is 0 Å². The van der Waals surface area contributed by atoms with Crippen LogP contribution in [-0.4, -0.2) is 12.4 Å². The molecule has 0 spiro atoms. The van der Waals surface area contributed by atoms with Crippen LogP contribution in [0.15, 0.2) is 48.1 Å². The molecule has 88 valence electrons. The van der Waals surface area contributed by atoms with Crippen molar-refractivity contribution in [3.63, 3.8) is 0 Å². The van der Waals surface area contributed by atoms with Crippen molar-refractivity contribution in [2.45, 2.75) is 6.92 Å². The van der Waals surface area contributed by atoms with E-state index in [0.717, 1.165) is 5.57 Å². The number of ether oxygens (including phenoxy) is 1. The van der Waals surface area contributed by atoms with Gasteiger partial charge in [0.2, 0.25) is 0 Å². The Balaban J connectivity index is 2.04. The molecule has 1 aliphatic rings. The number of allylic oxidation sites excluding steroid dienone is 3. The van der Waals surface area contributed by atoms with Crippen LogP contribution >= 0.6 is 11.6 Å². The van der Waals surface area contributed by atoms with Gasteiger partial charge in [-0.05, 0) is 23.8 Å². The Hall–Kier alpha value is -1.54. The number of hydrogen-bond acceptors (Lipinski definition) is 2. The van der Waals surface area contributed by atoms with Crippen LogP contribution in [-0.2, 0) is 4.79 Å². The second-order valence-corrected chi connectivity index (χ2v) is 4.35. The molecule has 1 unspecified atom stereocenters. The molecule has 0 bridgehead atoms. The lowest BCUT2D eigenvalue weighted by Crippen LogP contribution is -2.18. The van der Waals surface area contributed by atoms with Crippen molar-refractivity contribution < 1.29 is 9.53 Å². The first-order chi connectivity index (χ1) is 8.18. The zero-order valence-electron chi connectivity index (χ0n) is 9.52. The van der Waals surface area contributed by atoms with Gasteiger partial charge in [-0.15, -0.1) is 0 Å². The first-order valence-electron chi connectivity index (χ1n) is 5.47. The van der Waals surface area contributed by atoms with Crippen molar-refractivity contribution in [1.82, 2.24) is 0 Å². The molecule has 0 aromatic heterocycles. The van der Waals surface area contributed by atoms with Gasteiger partial charge in [0, 0.05) is 5.92 Å². The van der Waals surface area contributed by atoms with E-state index in [9.17, 15) is 4.79 Å². The SMILES string of the molecule is CC1C(=O)C=CC=C1COc1ccccc1Cl. The first kappa shape index (κ1) is 11.9. The second kappa shape index (κ2) is 5.19. The molecule has 2 nitrogen and oxygen atoms in total. The minimum Gasteiger partial charge on any atom is -0.488 e. The zero-order chi connectivity index (χ0) is 12.3. The predicted molar refractivity (Wildman–Crippen MR) is 68.3 cm³/mol. The van der Waals surface area contributed by atoms with E-state index < -0.39 is 0 Å². The number of benzene rings is 1. The molecule has 1 aromatic rings. The van der Waals surface area contributed by atoms with E-state index in [0.29, 0.717) is 17.4 Å². The van der Waals surface area contributed by atoms with Gasteiger partial charge < -0.3 is 4.74 Å². The fraction of sp³-hybridized carbons (Fsp3) is 0.214. The standard InChI is InChI=1S/C14H13ClO2/c1-10-11(5-4-7-13(10)16)9-17-14-8-3-2-6-12(14)15/h2-8,10H,9H2,1H3. The van der Waals surface area contributed by atoms with E-state index in [1.165, 1.54) is 0 Å². The average molecular weight is 249 g/mol. The highest BCUT2D eigenvalue weighted by Crippen LogP contribution is 2.25. The summed E-state index contributed by atoms with van der Waals surface area (Å²) in [4.78, 5) is 11.5. The predicted octanol–water partition coefficient (Wildman–Crippen LogP) is 3.42. The van der Waals surface area contributed by atoms with Gasteiger partial charge in [-0.25, -0.2) is 0 Å². The normalized spacial score (nSPS) is 19.1. The van der Waals surface area contributed by atoms with Crippen LogP contribution in [0.1, 0.15) is 6.92 Å². The molecule has 0 saturated carbocycles. The Morgan fingerprint density at radius 3 is 2.88 bits per heavy atom. The van der Waals surface area contributed by atoms with E-state index in [1.807, 2.05) is 31.2 Å². The van der Waals surface area contributed by atoms with Crippen molar-refractivity contribution in [2.24, 2.45) is 5.92 Å². The number of halogens is 1. The lowest BCUT2D eigenvalue weighted by Gasteiger charge is -2.17. The molecule has 2 rings (SSSR count). The summed E-state index contributed by atoms with van der Waals surface area (Å²) in [5, 5.41) is 0.582. The largest absolute Gasteiger partial charge is 0.488 e. The number of ketones is 1. The van der Waals surface area contributed by atoms with Gasteiger partial charge in [-0.1, -0.05) is 42.8 Å². The maximum Gasteiger partial charge on any atom is 0.162 e. The Bertz CT molecular complexity index is 489. The smallest absolute Gasteiger partial charge is 0.162 e. The third kappa shape index (κ3) is 2.77. The summed E-state index contributed by atoms with van der Waals surface area (Å²) in [6.45, 7) is 2.27. The van der Waals surface area contributed by atoms with Gasteiger partial charge in [0.1, 0.15) is 12.4 Å². The molecular formula is C14H13ClO2. The van der Waals surface area contributed by atoms with Gasteiger partial charge in [0.05, 0.1) is 5.02 Å². The third-order valence-corrected chi connectivity index (χ3v) is 3.10. The maximum absolute atomic E-state index is 11.5. The molecule has 0 fully saturated rings. The molecule has 0 amide bonds. The minimum absolute atomic E-state index is 0.109. The van der Waals surface area contributed by atoms with Gasteiger partial charge in [0.25, 0.3) is 0 Å². The van der Waals surface area contributed by atoms with Crippen molar-refractivity contribution >= 4 is 17.4 Å². The van der Waals surface area contributed by atoms with Crippen LogP contribution in [0.5, 0.6) is 5.75 Å². The van der Waals surface area contributed by atoms with Gasteiger partial charge in [0.15, 0.2) is 5.78 Å². The van der Waals surface area contributed by atoms with Gasteiger partial charge in [-0.3, -0.25) is 4.79 Å². The maximum atomic E-state index is 11.5. The second-order valence-electron chi connectivity index (χ2n) is 3.94. The van der Waals surface area contributed by atoms with E-state index in [1.54, 1.807) is 18.2 Å². The van der Waals surface area contributed by atoms with E-state index in [4.69, 9.17) is 16.3 Å². The van der Waals surface area contributed by atoms with Crippen LogP contribution in [0, 0.1) is 5.92 Å². The quantitative estimate of drug-likeness (QED) is 0.819. The molecular weight excluding hydrogens is 236 g/mol. The molecule has 3 heteroatoms. The third-order valence-electron chi connectivity index (χ3n) is 2.78. The molecule has 0 radical (unpaired) electrons. The van der Waals surface area contributed by atoms with Crippen molar-refractivity contribution in [2.75, 3.05) is 6.61 Å². The summed E-state index contributed by atoms with van der Waals surface area (Å²) in [5.74, 6) is 0.650. The summed E-state index contributed by atoms with van der Waals surface area (Å²) < 4.78 is 5.61. The highest BCUT2D eigenvalue weighted by Gasteiger charge is 2.18. The van der Waals surface area contributed by atoms with Crippen molar-refractivity contribution in [3.05, 3.63) is 53.1 Å². The highest BCUT2D eigenvalue weighted by molar-refractivity contribution is 6.32. The van der Waals surface area contributed by atoms with Crippen LogP contribution in [0.25, 0.3) is 0 Å². The molecule has 0 aliphatic heterocycles.